The predicted molar refractivity (Wildman–Crippen MR) is 126 cm³/mol. The third-order valence-corrected chi connectivity index (χ3v) is 7.03. The van der Waals surface area contributed by atoms with Crippen LogP contribution in [0.3, 0.4) is 0 Å². The third-order valence-electron chi connectivity index (χ3n) is 6.07. The maximum absolute atomic E-state index is 5.16. The van der Waals surface area contributed by atoms with E-state index in [1.807, 2.05) is 23.7 Å². The lowest BCUT2D eigenvalue weighted by Crippen LogP contribution is -2.53. The third kappa shape index (κ3) is 3.85. The molecule has 1 fully saturated rings. The number of piperazine rings is 1. The van der Waals surface area contributed by atoms with Crippen molar-refractivity contribution in [1.29, 1.82) is 0 Å². The van der Waals surface area contributed by atoms with Gasteiger partial charge in [-0.1, -0.05) is 12.1 Å². The van der Waals surface area contributed by atoms with Crippen molar-refractivity contribution in [3.05, 3.63) is 70.9 Å². The van der Waals surface area contributed by atoms with Crippen molar-refractivity contribution in [2.45, 2.75) is 25.8 Å². The molecule has 0 saturated carbocycles. The van der Waals surface area contributed by atoms with Crippen molar-refractivity contribution in [3.63, 3.8) is 0 Å². The van der Waals surface area contributed by atoms with Crippen molar-refractivity contribution in [2.24, 2.45) is 4.99 Å². The molecule has 5 rings (SSSR count). The normalized spacial score (nSPS) is 18.8. The highest BCUT2D eigenvalue weighted by molar-refractivity contribution is 7.16. The number of amidine groups is 1. The number of rotatable bonds is 3. The molecule has 0 radical (unpaired) electrons. The van der Waals surface area contributed by atoms with Crippen LogP contribution in [0.25, 0.3) is 0 Å². The average molecular weight is 418 g/mol. The van der Waals surface area contributed by atoms with Gasteiger partial charge in [0, 0.05) is 42.9 Å². The number of hydrogen-bond acceptors (Lipinski definition) is 6. The molecule has 5 nitrogen and oxygen atoms in total. The molecular weight excluding hydrogens is 390 g/mol. The predicted octanol–water partition coefficient (Wildman–Crippen LogP) is 4.84. The van der Waals surface area contributed by atoms with Crippen molar-refractivity contribution in [1.82, 2.24) is 14.8 Å². The number of anilines is 2. The number of aromatic nitrogens is 1. The Morgan fingerprint density at radius 3 is 2.83 bits per heavy atom. The second-order valence-corrected chi connectivity index (χ2v) is 9.41. The minimum absolute atomic E-state index is 0.504. The van der Waals surface area contributed by atoms with Crippen LogP contribution in [0.15, 0.2) is 59.9 Å². The van der Waals surface area contributed by atoms with Crippen molar-refractivity contribution < 1.29 is 0 Å². The largest absolute Gasteiger partial charge is 0.353 e. The van der Waals surface area contributed by atoms with Gasteiger partial charge >= 0.3 is 0 Å². The number of aryl methyl sites for hydroxylation is 2. The molecule has 154 valence electrons. The summed E-state index contributed by atoms with van der Waals surface area (Å²) in [6.07, 6.45) is 5.98. The first kappa shape index (κ1) is 19.3. The molecule has 0 spiro atoms. The Labute approximate surface area is 182 Å². The van der Waals surface area contributed by atoms with Crippen LogP contribution >= 0.6 is 11.3 Å². The first-order chi connectivity index (χ1) is 14.7. The summed E-state index contributed by atoms with van der Waals surface area (Å²) in [6, 6.07) is 15.4. The standard InChI is InChI=1S/C24H27N5S/c1-17-15-20-23(26-21-5-3-4-6-22(21)27-24(20)30-17)29-14-13-28(2)19(16-29)8-7-18-9-11-25-12-10-18/h3-6,9-12,15,19,27H,7-8,13-14,16H2,1-2H3/t19-/m0/s1. The van der Waals surface area contributed by atoms with Gasteiger partial charge in [0.1, 0.15) is 10.8 Å². The molecule has 30 heavy (non-hydrogen) atoms. The molecule has 0 amide bonds. The molecule has 1 aromatic carbocycles. The molecule has 1 saturated heterocycles. The van der Waals surface area contributed by atoms with Gasteiger partial charge in [0.25, 0.3) is 0 Å². The van der Waals surface area contributed by atoms with E-state index in [0.717, 1.165) is 49.7 Å². The number of likely N-dealkylation sites (N-methyl/N-ethyl adjacent to an activating group) is 1. The molecule has 3 aromatic rings. The van der Waals surface area contributed by atoms with E-state index in [1.165, 1.54) is 21.0 Å². The number of nitrogens with zero attached hydrogens (tertiary/aromatic N) is 4. The van der Waals surface area contributed by atoms with Crippen LogP contribution in [0.4, 0.5) is 16.4 Å². The Morgan fingerprint density at radius 1 is 1.13 bits per heavy atom. The molecular formula is C24H27N5S. The van der Waals surface area contributed by atoms with Gasteiger partial charge in [-0.05, 0) is 62.7 Å². The van der Waals surface area contributed by atoms with E-state index in [2.05, 4.69) is 76.5 Å². The minimum atomic E-state index is 0.504. The summed E-state index contributed by atoms with van der Waals surface area (Å²) in [4.78, 5) is 15.6. The highest BCUT2D eigenvalue weighted by Gasteiger charge is 2.29. The number of pyridine rings is 1. The molecule has 1 atom stereocenters. The van der Waals surface area contributed by atoms with Crippen molar-refractivity contribution in [2.75, 3.05) is 32.0 Å². The van der Waals surface area contributed by atoms with Crippen LogP contribution in [0.2, 0.25) is 0 Å². The molecule has 0 aliphatic carbocycles. The van der Waals surface area contributed by atoms with E-state index in [1.54, 1.807) is 0 Å². The van der Waals surface area contributed by atoms with Gasteiger partial charge in [-0.3, -0.25) is 9.88 Å². The summed E-state index contributed by atoms with van der Waals surface area (Å²) >= 11 is 1.81. The summed E-state index contributed by atoms with van der Waals surface area (Å²) in [7, 11) is 2.25. The maximum atomic E-state index is 5.16. The fourth-order valence-electron chi connectivity index (χ4n) is 4.32. The summed E-state index contributed by atoms with van der Waals surface area (Å²) in [5.74, 6) is 1.11. The van der Waals surface area contributed by atoms with Gasteiger partial charge in [-0.25, -0.2) is 4.99 Å². The minimum Gasteiger partial charge on any atom is -0.353 e. The number of para-hydroxylation sites is 2. The zero-order chi connectivity index (χ0) is 20.5. The van der Waals surface area contributed by atoms with Crippen molar-refractivity contribution >= 4 is 33.5 Å². The van der Waals surface area contributed by atoms with E-state index in [-0.39, 0.29) is 0 Å². The Morgan fingerprint density at radius 2 is 1.97 bits per heavy atom. The van der Waals surface area contributed by atoms with Crippen LogP contribution in [0, 0.1) is 6.92 Å². The lowest BCUT2D eigenvalue weighted by molar-refractivity contribution is 0.134. The molecule has 0 bridgehead atoms. The second kappa shape index (κ2) is 8.20. The molecule has 2 aliphatic heterocycles. The zero-order valence-corrected chi connectivity index (χ0v) is 18.3. The first-order valence-electron chi connectivity index (χ1n) is 10.6. The Kier molecular flexibility index (Phi) is 5.27. The monoisotopic (exact) mass is 417 g/mol. The van der Waals surface area contributed by atoms with Gasteiger partial charge in [0.2, 0.25) is 0 Å². The Bertz CT molecular complexity index is 1060. The molecule has 1 N–H and O–H groups in total. The lowest BCUT2D eigenvalue weighted by Gasteiger charge is -2.41. The number of fused-ring (bicyclic) bond motifs is 2. The summed E-state index contributed by atoms with van der Waals surface area (Å²) in [5, 5.41) is 4.82. The fourth-order valence-corrected chi connectivity index (χ4v) is 5.24. The quantitative estimate of drug-likeness (QED) is 0.663. The summed E-state index contributed by atoms with van der Waals surface area (Å²) in [6.45, 7) is 5.22. The van der Waals surface area contributed by atoms with Crippen LogP contribution in [-0.2, 0) is 6.42 Å². The molecule has 0 unspecified atom stereocenters. The molecule has 2 aliphatic rings. The van der Waals surface area contributed by atoms with Crippen LogP contribution in [-0.4, -0.2) is 53.3 Å². The average Bonchev–Trinajstić information content (AvgIpc) is 3.05. The SMILES string of the molecule is Cc1cc2c(s1)Nc1ccccc1N=C2N1CCN(C)[C@@H](CCc2ccncc2)C1. The number of benzene rings is 1. The van der Waals surface area contributed by atoms with E-state index in [0.29, 0.717) is 6.04 Å². The van der Waals surface area contributed by atoms with E-state index >= 15 is 0 Å². The first-order valence-corrected chi connectivity index (χ1v) is 11.4. The number of aliphatic imine (C=N–C) groups is 1. The van der Waals surface area contributed by atoms with Gasteiger partial charge < -0.3 is 10.2 Å². The van der Waals surface area contributed by atoms with Gasteiger partial charge in [0.15, 0.2) is 0 Å². The number of nitrogens with one attached hydrogen (secondary N) is 1. The van der Waals surface area contributed by atoms with E-state index in [9.17, 15) is 0 Å². The zero-order valence-electron chi connectivity index (χ0n) is 17.5. The summed E-state index contributed by atoms with van der Waals surface area (Å²) < 4.78 is 0. The fraction of sp³-hybridized carbons (Fsp3) is 0.333. The van der Waals surface area contributed by atoms with Crippen molar-refractivity contribution in [3.8, 4) is 0 Å². The van der Waals surface area contributed by atoms with E-state index in [4.69, 9.17) is 4.99 Å². The second-order valence-electron chi connectivity index (χ2n) is 8.15. The number of thiophene rings is 1. The molecule has 6 heteroatoms. The van der Waals surface area contributed by atoms with Crippen LogP contribution in [0.1, 0.15) is 22.4 Å². The molecule has 2 aromatic heterocycles. The smallest absolute Gasteiger partial charge is 0.139 e. The Hall–Kier alpha value is -2.70. The molecule has 4 heterocycles. The highest BCUT2D eigenvalue weighted by Crippen LogP contribution is 2.39. The maximum Gasteiger partial charge on any atom is 0.139 e. The van der Waals surface area contributed by atoms with Crippen LogP contribution in [0.5, 0.6) is 0 Å². The van der Waals surface area contributed by atoms with Gasteiger partial charge in [-0.15, -0.1) is 11.3 Å². The Balaban J connectivity index is 1.42. The van der Waals surface area contributed by atoms with Gasteiger partial charge in [-0.2, -0.15) is 0 Å². The van der Waals surface area contributed by atoms with E-state index < -0.39 is 0 Å². The van der Waals surface area contributed by atoms with Gasteiger partial charge in [0.05, 0.1) is 16.9 Å². The number of hydrogen-bond donors (Lipinski definition) is 1. The van der Waals surface area contributed by atoms with Crippen LogP contribution < -0.4 is 5.32 Å². The topological polar surface area (TPSA) is 43.8 Å². The summed E-state index contributed by atoms with van der Waals surface area (Å²) in [5.41, 5.74) is 4.68. The lowest BCUT2D eigenvalue weighted by atomic mass is 10.0. The highest BCUT2D eigenvalue weighted by atomic mass is 32.1.